The largest absolute Gasteiger partial charge is 3.00 e. The molecular formula is C12HCu3Fe2KN12. The first-order valence-electron chi connectivity index (χ1n) is 2.68. The van der Waals surface area contributed by atoms with Gasteiger partial charge in [0.1, 0.15) is 0 Å². The van der Waals surface area contributed by atoms with E-state index in [0.29, 0.717) is 0 Å². The summed E-state index contributed by atoms with van der Waals surface area (Å²) in [6.07, 6.45) is 0. The quantitative estimate of drug-likeness (QED) is 0.208. The molecule has 0 amide bonds. The van der Waals surface area contributed by atoms with Crippen molar-refractivity contribution >= 4 is 0 Å². The summed E-state index contributed by atoms with van der Waals surface area (Å²) in [5.74, 6) is 0. The topological polar surface area (TPSA) is 285 Å². The van der Waals surface area contributed by atoms with Gasteiger partial charge in [0.25, 0.3) is 0 Å². The average Bonchev–Trinajstić information content (AvgIpc) is 2.84. The molecule has 0 atom stereocenters. The van der Waals surface area contributed by atoms with Gasteiger partial charge in [0.05, 0.1) is 0 Å². The second-order valence-electron chi connectivity index (χ2n) is 0. The van der Waals surface area contributed by atoms with Crippen molar-refractivity contribution in [1.82, 2.24) is 0 Å². The standard InChI is InChI=1S/12CN.3Cu.2Fe.K.H/c12*1-2;;;;;;;/q12*-1;3*+2;2*+3;+1;-1. The van der Waals surface area contributed by atoms with Crippen molar-refractivity contribution in [2.75, 3.05) is 0 Å². The maximum atomic E-state index is 6.25. The molecule has 0 fully saturated rings. The SMILES string of the molecule is [C-]#N.[C-]#N.[C-]#N.[C-]#N.[C-]#N.[C-]#N.[C-]#N.[C-]#N.[C-]#N.[C-]#N.[C-]#N.[C-]#N.[Cu+2].[Cu+2].[Cu+2].[Fe+3].[Fe+3].[H-].[K+]. The molecule has 0 saturated heterocycles. The molecule has 0 bridgehead atoms. The zero-order chi connectivity index (χ0) is 24.0. The molecule has 0 aliphatic carbocycles. The van der Waals surface area contributed by atoms with E-state index < -0.39 is 0 Å². The van der Waals surface area contributed by atoms with Crippen LogP contribution in [0.4, 0.5) is 0 Å². The Hall–Kier alpha value is -1.89. The summed E-state index contributed by atoms with van der Waals surface area (Å²) in [4.78, 5) is 0. The third kappa shape index (κ3) is 4630. The summed E-state index contributed by atoms with van der Waals surface area (Å²) in [6, 6.07) is 0. The van der Waals surface area contributed by atoms with Gasteiger partial charge < -0.3 is 143 Å². The Kier molecular flexibility index (Phi) is 35000. The van der Waals surface area contributed by atoms with E-state index in [1.165, 1.54) is 0 Å². The van der Waals surface area contributed by atoms with Gasteiger partial charge in [-0.3, -0.25) is 0 Å². The van der Waals surface area contributed by atoms with Crippen LogP contribution in [0.2, 0.25) is 0 Å². The van der Waals surface area contributed by atoms with Gasteiger partial charge in [0, 0.05) is 0 Å². The van der Waals surface area contributed by atoms with Crippen molar-refractivity contribution in [3.63, 3.8) is 0 Å². The van der Waals surface area contributed by atoms with E-state index in [-0.39, 0.29) is 138 Å². The molecule has 0 spiro atoms. The first kappa shape index (κ1) is 202. The molecule has 0 rings (SSSR count). The van der Waals surface area contributed by atoms with E-state index >= 15 is 0 Å². The van der Waals surface area contributed by atoms with Crippen LogP contribution in [0, 0.1) is 142 Å². The number of nitrogens with zero attached hydrogens (tertiary/aromatic N) is 12. The average molecular weight is 655 g/mol. The molecular weight excluding hydrogens is 654 g/mol. The van der Waals surface area contributed by atoms with Crippen molar-refractivity contribution < 1.29 is 138 Å². The van der Waals surface area contributed by atoms with Crippen LogP contribution in [0.15, 0.2) is 0 Å². The predicted molar refractivity (Wildman–Crippen MR) is 60.7 cm³/mol. The second kappa shape index (κ2) is 5200. The number of hydrogen-bond donors (Lipinski definition) is 0. The van der Waals surface area contributed by atoms with Gasteiger partial charge in [0.15, 0.2) is 0 Å². The molecule has 0 N–H and O–H groups in total. The summed E-state index contributed by atoms with van der Waals surface area (Å²) in [7, 11) is 0. The van der Waals surface area contributed by atoms with E-state index in [1.54, 1.807) is 0 Å². The third-order valence-corrected chi connectivity index (χ3v) is 0. The maximum absolute atomic E-state index is 6.25. The zero-order valence-electron chi connectivity index (χ0n) is 15.0. The second-order valence-corrected chi connectivity index (χ2v) is 0. The Morgan fingerprint density at radius 1 is 0.233 bits per heavy atom. The van der Waals surface area contributed by atoms with Crippen LogP contribution in [0.5, 0.6) is 0 Å². The van der Waals surface area contributed by atoms with E-state index in [2.05, 4.69) is 0 Å². The molecule has 0 heterocycles. The Morgan fingerprint density at radius 3 is 0.233 bits per heavy atom. The summed E-state index contributed by atoms with van der Waals surface area (Å²) in [6.45, 7) is 57.0. The van der Waals surface area contributed by atoms with Gasteiger partial charge in [-0.1, -0.05) is 0 Å². The van der Waals surface area contributed by atoms with Crippen LogP contribution >= 0.6 is 0 Å². The van der Waals surface area contributed by atoms with Crippen LogP contribution in [0.1, 0.15) is 1.43 Å². The van der Waals surface area contributed by atoms with Gasteiger partial charge in [-0.2, -0.15) is 0 Å². The molecule has 0 aliphatic rings. The minimum absolute atomic E-state index is 0. The predicted octanol–water partition coefficient (Wildman–Crippen LogP) is -1.74. The summed E-state index contributed by atoms with van der Waals surface area (Å²) in [5, 5.41) is 75.0. The Labute approximate surface area is 276 Å². The van der Waals surface area contributed by atoms with Crippen molar-refractivity contribution in [3.05, 3.63) is 78.9 Å². The van der Waals surface area contributed by atoms with Crippen LogP contribution in [-0.4, -0.2) is 0 Å². The fourth-order valence-electron chi connectivity index (χ4n) is 0. The first-order valence-corrected chi connectivity index (χ1v) is 2.68. The van der Waals surface area contributed by atoms with E-state index in [0.717, 1.165) is 0 Å². The maximum Gasteiger partial charge on any atom is 3.00 e. The molecule has 0 aromatic heterocycles. The molecule has 0 saturated carbocycles. The minimum atomic E-state index is 0. The molecule has 5 radical (unpaired) electrons. The molecule has 0 aromatic carbocycles. The summed E-state index contributed by atoms with van der Waals surface area (Å²) in [5.41, 5.74) is 0. The van der Waals surface area contributed by atoms with Crippen LogP contribution in [0.3, 0.4) is 0 Å². The first-order chi connectivity index (χ1) is 12.0. The Morgan fingerprint density at radius 2 is 0.233 bits per heavy atom. The normalized spacial score (nSPS) is 0.800. The molecule has 12 nitrogen and oxygen atoms in total. The van der Waals surface area contributed by atoms with E-state index in [1.807, 2.05) is 0 Å². The van der Waals surface area contributed by atoms with E-state index in [9.17, 15) is 0 Å². The molecule has 0 aromatic rings. The van der Waals surface area contributed by atoms with Gasteiger partial charge in [-0.25, -0.2) is 0 Å². The number of hydrogen-bond acceptors (Lipinski definition) is 12. The molecule has 30 heavy (non-hydrogen) atoms. The number of rotatable bonds is 0. The fourth-order valence-corrected chi connectivity index (χ4v) is 0. The Balaban J connectivity index is -0.00000000292. The third-order valence-electron chi connectivity index (χ3n) is 0. The van der Waals surface area contributed by atoms with Crippen molar-refractivity contribution in [3.8, 4) is 0 Å². The van der Waals surface area contributed by atoms with Crippen LogP contribution in [0.25, 0.3) is 0 Å². The van der Waals surface area contributed by atoms with Crippen molar-refractivity contribution in [2.45, 2.75) is 0 Å². The summed E-state index contributed by atoms with van der Waals surface area (Å²) < 4.78 is 0. The van der Waals surface area contributed by atoms with Gasteiger partial charge in [-0.15, -0.1) is 0 Å². The monoisotopic (exact) mass is 653 g/mol. The smallest absolute Gasteiger partial charge is 1.00 e. The minimum Gasteiger partial charge on any atom is -1.00 e. The fraction of sp³-hybridized carbons (Fsp3) is 0. The van der Waals surface area contributed by atoms with E-state index in [4.69, 9.17) is 142 Å². The summed E-state index contributed by atoms with van der Waals surface area (Å²) >= 11 is 0. The van der Waals surface area contributed by atoms with Crippen LogP contribution in [-0.2, 0) is 85.3 Å². The van der Waals surface area contributed by atoms with Crippen LogP contribution < -0.4 is 51.4 Å². The molecule has 18 heteroatoms. The molecule has 0 unspecified atom stereocenters. The van der Waals surface area contributed by atoms with Crippen molar-refractivity contribution in [1.29, 1.82) is 63.1 Å². The molecule has 159 valence electrons. The Bertz CT molecular complexity index is 247. The van der Waals surface area contributed by atoms with Gasteiger partial charge in [-0.05, 0) is 0 Å². The van der Waals surface area contributed by atoms with Gasteiger partial charge in [0.2, 0.25) is 0 Å². The molecule has 0 aliphatic heterocycles. The van der Waals surface area contributed by atoms with Gasteiger partial charge >= 0.3 is 137 Å². The zero-order valence-corrected chi connectivity index (χ0v) is 22.1. The van der Waals surface area contributed by atoms with Crippen molar-refractivity contribution in [2.24, 2.45) is 0 Å².